The first-order valence-corrected chi connectivity index (χ1v) is 10.2. The van der Waals surface area contributed by atoms with E-state index in [-0.39, 0.29) is 11.1 Å². The fourth-order valence-corrected chi connectivity index (χ4v) is 5.16. The van der Waals surface area contributed by atoms with Gasteiger partial charge in [0.2, 0.25) is 5.09 Å². The highest BCUT2D eigenvalue weighted by Crippen LogP contribution is 2.34. The van der Waals surface area contributed by atoms with Gasteiger partial charge >= 0.3 is 0 Å². The van der Waals surface area contributed by atoms with E-state index in [9.17, 15) is 8.42 Å². The van der Waals surface area contributed by atoms with Gasteiger partial charge in [-0.15, -0.1) is 0 Å². The summed E-state index contributed by atoms with van der Waals surface area (Å²) in [6, 6.07) is 5.48. The monoisotopic (exact) mass is 365 g/mol. The molecule has 2 fully saturated rings. The van der Waals surface area contributed by atoms with E-state index in [1.807, 2.05) is 13.0 Å². The Balaban J connectivity index is 1.49. The van der Waals surface area contributed by atoms with Crippen LogP contribution in [0.4, 0.5) is 0 Å². The maximum atomic E-state index is 12.6. The summed E-state index contributed by atoms with van der Waals surface area (Å²) in [7, 11) is -3.49. The van der Waals surface area contributed by atoms with Crippen LogP contribution in [0, 0.1) is 6.92 Å². The van der Waals surface area contributed by atoms with Crippen molar-refractivity contribution in [3.63, 3.8) is 0 Å². The highest BCUT2D eigenvalue weighted by atomic mass is 32.2. The maximum Gasteiger partial charge on any atom is 0.276 e. The Bertz CT molecular complexity index is 836. The largest absolute Gasteiger partial charge is 0.447 e. The summed E-state index contributed by atoms with van der Waals surface area (Å²) in [5, 5.41) is 4.02. The molecule has 25 heavy (non-hydrogen) atoms. The first-order valence-electron chi connectivity index (χ1n) is 8.80. The molecule has 0 radical (unpaired) electrons. The molecule has 0 saturated carbocycles. The molecule has 2 aromatic rings. The van der Waals surface area contributed by atoms with Crippen LogP contribution in [0.15, 0.2) is 32.2 Å². The molecule has 2 aliphatic heterocycles. The van der Waals surface area contributed by atoms with Crippen molar-refractivity contribution in [2.45, 2.75) is 50.3 Å². The molecule has 0 spiro atoms. The molecule has 0 N–H and O–H groups in total. The molecule has 2 saturated heterocycles. The number of hydrogen-bond donors (Lipinski definition) is 0. The highest BCUT2D eigenvalue weighted by molar-refractivity contribution is 7.89. The van der Waals surface area contributed by atoms with E-state index < -0.39 is 10.0 Å². The molecular weight excluding hydrogens is 342 g/mol. The lowest BCUT2D eigenvalue weighted by Crippen LogP contribution is -2.27. The first-order chi connectivity index (χ1) is 12.0. The predicted molar refractivity (Wildman–Crippen MR) is 90.3 cm³/mol. The number of aryl methyl sites for hydroxylation is 1. The van der Waals surface area contributed by atoms with E-state index >= 15 is 0 Å². The Labute approximate surface area is 147 Å². The maximum absolute atomic E-state index is 12.6. The van der Waals surface area contributed by atoms with Gasteiger partial charge in [0.05, 0.1) is 18.3 Å². The fourth-order valence-electron chi connectivity index (χ4n) is 3.72. The summed E-state index contributed by atoms with van der Waals surface area (Å²) in [5.41, 5.74) is 0.874. The molecule has 8 heteroatoms. The third kappa shape index (κ3) is 3.26. The molecule has 7 nitrogen and oxygen atoms in total. The lowest BCUT2D eigenvalue weighted by molar-refractivity contribution is 0.189. The molecule has 0 aromatic carbocycles. The number of aromatic nitrogens is 1. The molecule has 0 aliphatic carbocycles. The molecule has 4 rings (SSSR count). The lowest BCUT2D eigenvalue weighted by Gasteiger charge is -2.20. The lowest BCUT2D eigenvalue weighted by atomic mass is 10.1. The summed E-state index contributed by atoms with van der Waals surface area (Å²) >= 11 is 0. The van der Waals surface area contributed by atoms with Crippen LogP contribution in [-0.4, -0.2) is 42.4 Å². The SMILES string of the molecule is Cc1cc([C@@H]2CCCN2Cc2ccc(S(=O)(=O)N3CCCC3)o2)on1. The third-order valence-corrected chi connectivity index (χ3v) is 6.77. The minimum absolute atomic E-state index is 0.0515. The van der Waals surface area contributed by atoms with Crippen LogP contribution in [0.3, 0.4) is 0 Å². The smallest absolute Gasteiger partial charge is 0.276 e. The second-order valence-corrected chi connectivity index (χ2v) is 8.70. The van der Waals surface area contributed by atoms with Crippen LogP contribution in [-0.2, 0) is 16.6 Å². The molecule has 0 amide bonds. The second kappa shape index (κ2) is 6.59. The van der Waals surface area contributed by atoms with E-state index in [4.69, 9.17) is 8.94 Å². The number of hydrogen-bond acceptors (Lipinski definition) is 6. The van der Waals surface area contributed by atoms with Crippen molar-refractivity contribution in [1.82, 2.24) is 14.4 Å². The molecule has 136 valence electrons. The van der Waals surface area contributed by atoms with Gasteiger partial charge in [-0.25, -0.2) is 8.42 Å². The average molecular weight is 365 g/mol. The number of furan rings is 1. The highest BCUT2D eigenvalue weighted by Gasteiger charge is 2.32. The Hall–Kier alpha value is -1.64. The van der Waals surface area contributed by atoms with Crippen molar-refractivity contribution < 1.29 is 17.4 Å². The third-order valence-electron chi connectivity index (χ3n) is 4.99. The van der Waals surface area contributed by atoms with Crippen LogP contribution >= 0.6 is 0 Å². The van der Waals surface area contributed by atoms with Crippen molar-refractivity contribution in [2.75, 3.05) is 19.6 Å². The summed E-state index contributed by atoms with van der Waals surface area (Å²) in [6.45, 7) is 4.57. The zero-order valence-corrected chi connectivity index (χ0v) is 15.2. The average Bonchev–Trinajstić information content (AvgIpc) is 3.36. The summed E-state index contributed by atoms with van der Waals surface area (Å²) in [6.07, 6.45) is 3.91. The molecule has 2 aromatic heterocycles. The molecule has 0 unspecified atom stereocenters. The second-order valence-electron chi connectivity index (χ2n) is 6.83. The van der Waals surface area contributed by atoms with Gasteiger partial charge in [-0.2, -0.15) is 4.31 Å². The van der Waals surface area contributed by atoms with Gasteiger partial charge in [0, 0.05) is 19.2 Å². The Kier molecular flexibility index (Phi) is 4.43. The molecule has 1 atom stereocenters. The fraction of sp³-hybridized carbons (Fsp3) is 0.588. The van der Waals surface area contributed by atoms with Gasteiger partial charge in [0.15, 0.2) is 5.76 Å². The van der Waals surface area contributed by atoms with E-state index in [2.05, 4.69) is 10.1 Å². The quantitative estimate of drug-likeness (QED) is 0.810. The molecule has 0 bridgehead atoms. The first kappa shape index (κ1) is 16.8. The standard InChI is InChI=1S/C17H23N3O4S/c1-13-11-16(24-18-13)15-5-4-8-19(15)12-14-6-7-17(23-14)25(21,22)20-9-2-3-10-20/h6-7,11,15H,2-5,8-10,12H2,1H3/t15-/m0/s1. The van der Waals surface area contributed by atoms with E-state index in [1.165, 1.54) is 4.31 Å². The van der Waals surface area contributed by atoms with Gasteiger partial charge in [0.1, 0.15) is 5.76 Å². The van der Waals surface area contributed by atoms with Crippen LogP contribution < -0.4 is 0 Å². The minimum atomic E-state index is -3.49. The van der Waals surface area contributed by atoms with Crippen molar-refractivity contribution in [1.29, 1.82) is 0 Å². The number of sulfonamides is 1. The van der Waals surface area contributed by atoms with Gasteiger partial charge in [-0.05, 0) is 51.3 Å². The van der Waals surface area contributed by atoms with E-state index in [1.54, 1.807) is 12.1 Å². The topological polar surface area (TPSA) is 79.8 Å². The molecule has 4 heterocycles. The number of rotatable bonds is 5. The van der Waals surface area contributed by atoms with Crippen LogP contribution in [0.5, 0.6) is 0 Å². The normalized spacial score (nSPS) is 22.8. The van der Waals surface area contributed by atoms with Gasteiger partial charge in [-0.3, -0.25) is 4.90 Å². The number of likely N-dealkylation sites (tertiary alicyclic amines) is 1. The number of nitrogens with zero attached hydrogens (tertiary/aromatic N) is 3. The summed E-state index contributed by atoms with van der Waals surface area (Å²) < 4.78 is 37.8. The Morgan fingerprint density at radius 3 is 2.72 bits per heavy atom. The van der Waals surface area contributed by atoms with Crippen molar-refractivity contribution in [2.24, 2.45) is 0 Å². The van der Waals surface area contributed by atoms with Gasteiger partial charge in [-0.1, -0.05) is 5.16 Å². The Morgan fingerprint density at radius 1 is 1.20 bits per heavy atom. The van der Waals surface area contributed by atoms with E-state index in [0.29, 0.717) is 25.4 Å². The summed E-state index contributed by atoms with van der Waals surface area (Å²) in [4.78, 5) is 2.26. The van der Waals surface area contributed by atoms with Gasteiger partial charge in [0.25, 0.3) is 10.0 Å². The van der Waals surface area contributed by atoms with Crippen molar-refractivity contribution in [3.8, 4) is 0 Å². The van der Waals surface area contributed by atoms with Crippen LogP contribution in [0.1, 0.15) is 48.9 Å². The minimum Gasteiger partial charge on any atom is -0.447 e. The zero-order valence-electron chi connectivity index (χ0n) is 14.3. The predicted octanol–water partition coefficient (Wildman–Crippen LogP) is 2.70. The van der Waals surface area contributed by atoms with Crippen molar-refractivity contribution >= 4 is 10.0 Å². The zero-order chi connectivity index (χ0) is 17.4. The summed E-state index contributed by atoms with van der Waals surface area (Å²) in [5.74, 6) is 1.53. The van der Waals surface area contributed by atoms with E-state index in [0.717, 1.165) is 43.7 Å². The van der Waals surface area contributed by atoms with Crippen molar-refractivity contribution in [3.05, 3.63) is 35.4 Å². The molecular formula is C17H23N3O4S. The van der Waals surface area contributed by atoms with Gasteiger partial charge < -0.3 is 8.94 Å². The van der Waals surface area contributed by atoms with Crippen LogP contribution in [0.25, 0.3) is 0 Å². The van der Waals surface area contributed by atoms with Crippen LogP contribution in [0.2, 0.25) is 0 Å². The Morgan fingerprint density at radius 2 is 2.00 bits per heavy atom. The molecule has 2 aliphatic rings.